The summed E-state index contributed by atoms with van der Waals surface area (Å²) in [4.78, 5) is 28.8. The summed E-state index contributed by atoms with van der Waals surface area (Å²) in [6.45, 7) is 14.0. The molecule has 0 unspecified atom stereocenters. The zero-order valence-electron chi connectivity index (χ0n) is 26.8. The third kappa shape index (κ3) is 7.79. The van der Waals surface area contributed by atoms with E-state index in [0.717, 1.165) is 74.6 Å². The number of piperazine rings is 1. The maximum absolute atomic E-state index is 12.5. The quantitative estimate of drug-likeness (QED) is 0.174. The highest BCUT2D eigenvalue weighted by molar-refractivity contribution is 6.02. The third-order valence-electron chi connectivity index (χ3n) is 8.50. The fourth-order valence-corrected chi connectivity index (χ4v) is 6.05. The van der Waals surface area contributed by atoms with Crippen LogP contribution < -0.4 is 25.6 Å². The van der Waals surface area contributed by atoms with Gasteiger partial charge in [-0.2, -0.15) is 0 Å². The lowest BCUT2D eigenvalue weighted by molar-refractivity contribution is -0.111. The van der Waals surface area contributed by atoms with Crippen molar-refractivity contribution in [3.63, 3.8) is 0 Å². The first-order valence-electron chi connectivity index (χ1n) is 15.6. The van der Waals surface area contributed by atoms with Gasteiger partial charge in [-0.1, -0.05) is 12.6 Å². The van der Waals surface area contributed by atoms with Crippen molar-refractivity contribution in [2.75, 3.05) is 74.3 Å². The Kier molecular flexibility index (Phi) is 10.3. The van der Waals surface area contributed by atoms with Crippen molar-refractivity contribution < 1.29 is 9.53 Å². The van der Waals surface area contributed by atoms with Crippen LogP contribution in [0.1, 0.15) is 32.3 Å². The molecule has 3 aromatic rings. The van der Waals surface area contributed by atoms with Crippen LogP contribution in [0, 0.1) is 5.41 Å². The number of amides is 1. The molecule has 5 rings (SSSR count). The van der Waals surface area contributed by atoms with Gasteiger partial charge < -0.3 is 35.9 Å². The van der Waals surface area contributed by atoms with Crippen LogP contribution >= 0.6 is 0 Å². The molecule has 4 N–H and O–H groups in total. The largest absolute Gasteiger partial charge is 0.494 e. The van der Waals surface area contributed by atoms with E-state index in [9.17, 15) is 4.79 Å². The van der Waals surface area contributed by atoms with Gasteiger partial charge in [-0.15, -0.1) is 0 Å². The summed E-state index contributed by atoms with van der Waals surface area (Å²) in [6.07, 6.45) is 6.27. The van der Waals surface area contributed by atoms with Crippen LogP contribution in [-0.2, 0) is 4.79 Å². The molecule has 238 valence electrons. The average molecular weight is 612 g/mol. The molecule has 0 radical (unpaired) electrons. The Morgan fingerprint density at radius 1 is 1.02 bits per heavy atom. The van der Waals surface area contributed by atoms with E-state index >= 15 is 0 Å². The van der Waals surface area contributed by atoms with Gasteiger partial charge in [0.1, 0.15) is 17.9 Å². The number of hydrogen-bond acceptors (Lipinski definition) is 10. The standard InChI is InChI=1S/C34H45N9O2/c1-6-34(44)40-29-18-30(32(45-5)20-31(29)43-11-9-26(10-12-43)42-15-13-41(4)14-16-42)39-33-19-28(36-22-37-33)24-7-8-27(38-23(2)3)25(17-24)21-35/h6-8,17-23,26,35,38H,1,9-16H2,2-5H3,(H,40,44)(H,36,37,39). The predicted molar refractivity (Wildman–Crippen MR) is 184 cm³/mol. The maximum Gasteiger partial charge on any atom is 0.247 e. The summed E-state index contributed by atoms with van der Waals surface area (Å²) in [5.41, 5.74) is 5.52. The number of benzene rings is 2. The van der Waals surface area contributed by atoms with E-state index in [2.05, 4.69) is 68.1 Å². The first-order chi connectivity index (χ1) is 21.8. The van der Waals surface area contributed by atoms with Crippen LogP contribution in [0.15, 0.2) is 55.4 Å². The second kappa shape index (κ2) is 14.5. The van der Waals surface area contributed by atoms with Crippen LogP contribution in [0.5, 0.6) is 5.75 Å². The highest BCUT2D eigenvalue weighted by Gasteiger charge is 2.28. The van der Waals surface area contributed by atoms with Crippen LogP contribution in [0.3, 0.4) is 0 Å². The van der Waals surface area contributed by atoms with Gasteiger partial charge in [0.2, 0.25) is 5.91 Å². The van der Waals surface area contributed by atoms with E-state index < -0.39 is 0 Å². The molecule has 2 aromatic carbocycles. The van der Waals surface area contributed by atoms with Gasteiger partial charge >= 0.3 is 0 Å². The molecular formula is C34H45N9O2. The lowest BCUT2D eigenvalue weighted by Crippen LogP contribution is -2.52. The average Bonchev–Trinajstić information content (AvgIpc) is 3.05. The van der Waals surface area contributed by atoms with E-state index in [-0.39, 0.29) is 11.9 Å². The second-order valence-corrected chi connectivity index (χ2v) is 12.0. The highest BCUT2D eigenvalue weighted by atomic mass is 16.5. The van der Waals surface area contributed by atoms with Crippen LogP contribution in [0.25, 0.3) is 11.3 Å². The molecule has 2 saturated heterocycles. The van der Waals surface area contributed by atoms with Gasteiger partial charge in [0.05, 0.1) is 29.9 Å². The predicted octanol–water partition coefficient (Wildman–Crippen LogP) is 5.05. The number of carbonyl (C=O) groups is 1. The van der Waals surface area contributed by atoms with Gasteiger partial charge in [-0.05, 0) is 58.0 Å². The van der Waals surface area contributed by atoms with Crippen LogP contribution in [0.4, 0.5) is 28.6 Å². The van der Waals surface area contributed by atoms with Crippen LogP contribution in [-0.4, -0.2) is 97.4 Å². The molecule has 0 spiro atoms. The van der Waals surface area contributed by atoms with Crippen molar-refractivity contribution in [3.05, 3.63) is 60.9 Å². The Hall–Kier alpha value is -4.48. The van der Waals surface area contributed by atoms with Gasteiger partial charge in [0.15, 0.2) is 0 Å². The fraction of sp³-hybridized carbons (Fsp3) is 0.412. The van der Waals surface area contributed by atoms with Crippen molar-refractivity contribution in [3.8, 4) is 17.0 Å². The molecule has 11 nitrogen and oxygen atoms in total. The van der Waals surface area contributed by atoms with Gasteiger partial charge in [-0.3, -0.25) is 9.69 Å². The summed E-state index contributed by atoms with van der Waals surface area (Å²) in [7, 11) is 3.83. The van der Waals surface area contributed by atoms with E-state index in [1.807, 2.05) is 36.4 Å². The first kappa shape index (κ1) is 31.9. The number of nitrogens with one attached hydrogen (secondary N) is 4. The van der Waals surface area contributed by atoms with Crippen molar-refractivity contribution in [2.45, 2.75) is 38.8 Å². The minimum Gasteiger partial charge on any atom is -0.494 e. The Bertz CT molecular complexity index is 1510. The number of rotatable bonds is 11. The normalized spacial score (nSPS) is 16.3. The fourth-order valence-electron chi connectivity index (χ4n) is 6.05. The Balaban J connectivity index is 1.38. The monoisotopic (exact) mass is 611 g/mol. The molecule has 2 fully saturated rings. The maximum atomic E-state index is 12.5. The molecule has 1 amide bonds. The second-order valence-electron chi connectivity index (χ2n) is 12.0. The molecular weight excluding hydrogens is 566 g/mol. The number of aromatic nitrogens is 2. The Morgan fingerprint density at radius 3 is 2.44 bits per heavy atom. The Labute approximate surface area is 266 Å². The smallest absolute Gasteiger partial charge is 0.247 e. The molecule has 0 aliphatic carbocycles. The number of hydrogen-bond donors (Lipinski definition) is 4. The number of ether oxygens (including phenoxy) is 1. The molecule has 0 bridgehead atoms. The highest BCUT2D eigenvalue weighted by Crippen LogP contribution is 2.40. The number of likely N-dealkylation sites (N-methyl/N-ethyl adjacent to an activating group) is 1. The van der Waals surface area contributed by atoms with Crippen LogP contribution in [0.2, 0.25) is 0 Å². The molecule has 2 aliphatic heterocycles. The van der Waals surface area contributed by atoms with Crippen molar-refractivity contribution in [1.29, 1.82) is 5.41 Å². The summed E-state index contributed by atoms with van der Waals surface area (Å²) >= 11 is 0. The zero-order chi connectivity index (χ0) is 31.9. The van der Waals surface area contributed by atoms with E-state index in [4.69, 9.17) is 10.1 Å². The molecule has 0 atom stereocenters. The number of carbonyl (C=O) groups excluding carboxylic acids is 1. The van der Waals surface area contributed by atoms with Crippen molar-refractivity contribution >= 4 is 40.7 Å². The number of nitrogens with zero attached hydrogens (tertiary/aromatic N) is 5. The topological polar surface area (TPSA) is 122 Å². The molecule has 11 heteroatoms. The zero-order valence-corrected chi connectivity index (χ0v) is 26.8. The summed E-state index contributed by atoms with van der Waals surface area (Å²) in [5.74, 6) is 0.931. The molecule has 2 aliphatic rings. The molecule has 3 heterocycles. The van der Waals surface area contributed by atoms with Gasteiger partial charge in [-0.25, -0.2) is 9.97 Å². The lowest BCUT2D eigenvalue weighted by Gasteiger charge is -2.43. The van der Waals surface area contributed by atoms with Crippen molar-refractivity contribution in [1.82, 2.24) is 19.8 Å². The number of anilines is 5. The number of piperidine rings is 1. The first-order valence-corrected chi connectivity index (χ1v) is 15.6. The SMILES string of the molecule is C=CC(=O)Nc1cc(Nc2cc(-c3ccc(NC(C)C)c(C=N)c3)ncn2)c(OC)cc1N1CCC(N2CCN(C)CC2)CC1. The summed E-state index contributed by atoms with van der Waals surface area (Å²) in [5, 5.41) is 17.7. The molecule has 1 aromatic heterocycles. The molecule has 45 heavy (non-hydrogen) atoms. The minimum absolute atomic E-state index is 0.251. The summed E-state index contributed by atoms with van der Waals surface area (Å²) in [6, 6.07) is 12.4. The van der Waals surface area contributed by atoms with E-state index in [1.165, 1.54) is 18.6 Å². The minimum atomic E-state index is -0.276. The Morgan fingerprint density at radius 2 is 1.78 bits per heavy atom. The number of methoxy groups -OCH3 is 1. The summed E-state index contributed by atoms with van der Waals surface area (Å²) < 4.78 is 5.84. The van der Waals surface area contributed by atoms with Crippen molar-refractivity contribution in [2.24, 2.45) is 0 Å². The van der Waals surface area contributed by atoms with Gasteiger partial charge in [0, 0.05) is 86.5 Å². The third-order valence-corrected chi connectivity index (χ3v) is 8.50. The van der Waals surface area contributed by atoms with Gasteiger partial charge in [0.25, 0.3) is 0 Å². The lowest BCUT2D eigenvalue weighted by atomic mass is 10.0. The van der Waals surface area contributed by atoms with E-state index in [1.54, 1.807) is 7.11 Å². The molecule has 0 saturated carbocycles. The van der Waals surface area contributed by atoms with E-state index in [0.29, 0.717) is 34.7 Å².